The average Bonchev–Trinajstić information content (AvgIpc) is 2.88. The van der Waals surface area contributed by atoms with Crippen LogP contribution in [-0.2, 0) is 16.6 Å². The van der Waals surface area contributed by atoms with E-state index in [1.54, 1.807) is 6.07 Å². The number of sulfonamides is 1. The second-order valence-electron chi connectivity index (χ2n) is 4.46. The molecule has 0 amide bonds. The molecule has 0 saturated heterocycles. The van der Waals surface area contributed by atoms with Crippen LogP contribution in [-0.4, -0.2) is 32.7 Å². The van der Waals surface area contributed by atoms with Crippen molar-refractivity contribution in [1.29, 1.82) is 0 Å². The lowest BCUT2D eigenvalue weighted by Crippen LogP contribution is -2.39. The second kappa shape index (κ2) is 6.51. The molecule has 0 aliphatic carbocycles. The first-order chi connectivity index (χ1) is 8.87. The van der Waals surface area contributed by atoms with E-state index in [9.17, 15) is 13.5 Å². The van der Waals surface area contributed by atoms with Gasteiger partial charge in [-0.15, -0.1) is 0 Å². The summed E-state index contributed by atoms with van der Waals surface area (Å²) < 4.78 is 30.4. The molecule has 1 heterocycles. The van der Waals surface area contributed by atoms with E-state index in [0.29, 0.717) is 31.7 Å². The molecule has 6 nitrogen and oxygen atoms in total. The van der Waals surface area contributed by atoms with Crippen LogP contribution in [0.3, 0.4) is 0 Å². The van der Waals surface area contributed by atoms with E-state index in [1.165, 1.54) is 13.1 Å². The second-order valence-corrected chi connectivity index (χ2v) is 6.28. The fourth-order valence-corrected chi connectivity index (χ4v) is 2.28. The predicted octanol–water partition coefficient (Wildman–Crippen LogP) is 0.828. The molecule has 0 aliphatic rings. The van der Waals surface area contributed by atoms with Crippen LogP contribution in [0.1, 0.15) is 32.4 Å². The zero-order valence-electron chi connectivity index (χ0n) is 11.6. The van der Waals surface area contributed by atoms with Gasteiger partial charge in [0, 0.05) is 6.54 Å². The predicted molar refractivity (Wildman–Crippen MR) is 72.2 cm³/mol. The average molecular weight is 290 g/mol. The number of aliphatic hydroxyl groups is 1. The Morgan fingerprint density at radius 2 is 1.95 bits per heavy atom. The van der Waals surface area contributed by atoms with Crippen molar-refractivity contribution in [2.45, 2.75) is 43.9 Å². The molecule has 0 bridgehead atoms. The van der Waals surface area contributed by atoms with Gasteiger partial charge in [0.1, 0.15) is 5.76 Å². The molecule has 1 rings (SSSR count). The number of furan rings is 1. The van der Waals surface area contributed by atoms with Gasteiger partial charge in [-0.05, 0) is 32.0 Å². The standard InChI is InChI=1S/C12H22N2O4S/c1-4-12(15,5-2)9-14-8-10-6-7-11(18-10)19(16,17)13-3/h6-7,13-15H,4-5,8-9H2,1-3H3. The van der Waals surface area contributed by atoms with Crippen molar-refractivity contribution < 1.29 is 17.9 Å². The van der Waals surface area contributed by atoms with Crippen molar-refractivity contribution in [2.24, 2.45) is 0 Å². The third-order valence-corrected chi connectivity index (χ3v) is 4.53. The van der Waals surface area contributed by atoms with Crippen molar-refractivity contribution in [1.82, 2.24) is 10.0 Å². The molecular formula is C12H22N2O4S. The van der Waals surface area contributed by atoms with Gasteiger partial charge in [0.2, 0.25) is 5.09 Å². The maximum atomic E-state index is 11.5. The normalized spacial score (nSPS) is 12.8. The molecular weight excluding hydrogens is 268 g/mol. The van der Waals surface area contributed by atoms with E-state index in [4.69, 9.17) is 4.42 Å². The Morgan fingerprint density at radius 1 is 1.32 bits per heavy atom. The van der Waals surface area contributed by atoms with Gasteiger partial charge in [0.15, 0.2) is 0 Å². The van der Waals surface area contributed by atoms with Gasteiger partial charge in [-0.2, -0.15) is 0 Å². The van der Waals surface area contributed by atoms with Gasteiger partial charge in [0.05, 0.1) is 12.1 Å². The summed E-state index contributed by atoms with van der Waals surface area (Å²) in [6, 6.07) is 3.02. The first-order valence-electron chi connectivity index (χ1n) is 6.32. The molecule has 1 aromatic rings. The number of hydrogen-bond acceptors (Lipinski definition) is 5. The van der Waals surface area contributed by atoms with E-state index < -0.39 is 15.6 Å². The smallest absolute Gasteiger partial charge is 0.273 e. The minimum absolute atomic E-state index is 0.104. The number of hydrogen-bond donors (Lipinski definition) is 3. The molecule has 0 aliphatic heterocycles. The van der Waals surface area contributed by atoms with Crippen molar-refractivity contribution >= 4 is 10.0 Å². The molecule has 0 fully saturated rings. The van der Waals surface area contributed by atoms with Crippen LogP contribution in [0.2, 0.25) is 0 Å². The Hall–Kier alpha value is -0.890. The van der Waals surface area contributed by atoms with Gasteiger partial charge in [-0.25, -0.2) is 13.1 Å². The quantitative estimate of drug-likeness (QED) is 0.659. The van der Waals surface area contributed by atoms with E-state index in [0.717, 1.165) is 0 Å². The van der Waals surface area contributed by atoms with Crippen LogP contribution in [0, 0.1) is 0 Å². The van der Waals surface area contributed by atoms with Crippen molar-refractivity contribution in [3.05, 3.63) is 17.9 Å². The van der Waals surface area contributed by atoms with Crippen LogP contribution in [0.5, 0.6) is 0 Å². The van der Waals surface area contributed by atoms with E-state index >= 15 is 0 Å². The third-order valence-electron chi connectivity index (χ3n) is 3.24. The lowest BCUT2D eigenvalue weighted by molar-refractivity contribution is 0.0318. The molecule has 0 unspecified atom stereocenters. The first kappa shape index (κ1) is 16.2. The van der Waals surface area contributed by atoms with Gasteiger partial charge >= 0.3 is 0 Å². The summed E-state index contributed by atoms with van der Waals surface area (Å²) in [5, 5.41) is 13.0. The molecule has 1 aromatic heterocycles. The zero-order valence-corrected chi connectivity index (χ0v) is 12.4. The molecule has 110 valence electrons. The number of rotatable bonds is 8. The fraction of sp³-hybridized carbons (Fsp3) is 0.667. The number of nitrogens with one attached hydrogen (secondary N) is 2. The monoisotopic (exact) mass is 290 g/mol. The van der Waals surface area contributed by atoms with Gasteiger partial charge < -0.3 is 14.8 Å². The summed E-state index contributed by atoms with van der Waals surface area (Å²) in [7, 11) is -2.20. The maximum Gasteiger partial charge on any atom is 0.273 e. The highest BCUT2D eigenvalue weighted by atomic mass is 32.2. The Labute approximate surface area is 114 Å². The summed E-state index contributed by atoms with van der Waals surface area (Å²) in [5.41, 5.74) is -0.730. The highest BCUT2D eigenvalue weighted by Gasteiger charge is 2.22. The highest BCUT2D eigenvalue weighted by Crippen LogP contribution is 2.15. The van der Waals surface area contributed by atoms with Gasteiger partial charge in [-0.3, -0.25) is 0 Å². The molecule has 19 heavy (non-hydrogen) atoms. The zero-order chi connectivity index (χ0) is 14.5. The van der Waals surface area contributed by atoms with Crippen LogP contribution < -0.4 is 10.0 Å². The third kappa shape index (κ3) is 4.31. The lowest BCUT2D eigenvalue weighted by atomic mass is 9.98. The lowest BCUT2D eigenvalue weighted by Gasteiger charge is -2.25. The summed E-state index contributed by atoms with van der Waals surface area (Å²) in [5.74, 6) is 0.517. The minimum Gasteiger partial charge on any atom is -0.447 e. The summed E-state index contributed by atoms with van der Waals surface area (Å²) >= 11 is 0. The fourth-order valence-electron chi connectivity index (χ4n) is 1.62. The Balaban J connectivity index is 2.57. The van der Waals surface area contributed by atoms with Crippen LogP contribution in [0.4, 0.5) is 0 Å². The minimum atomic E-state index is -3.53. The van der Waals surface area contributed by atoms with Crippen LogP contribution in [0.25, 0.3) is 0 Å². The topological polar surface area (TPSA) is 91.6 Å². The molecule has 0 spiro atoms. The van der Waals surface area contributed by atoms with Crippen molar-refractivity contribution in [3.63, 3.8) is 0 Å². The molecule has 0 atom stereocenters. The van der Waals surface area contributed by atoms with Crippen molar-refractivity contribution in [3.8, 4) is 0 Å². The van der Waals surface area contributed by atoms with Gasteiger partial charge in [-0.1, -0.05) is 13.8 Å². The van der Waals surface area contributed by atoms with Gasteiger partial charge in [0.25, 0.3) is 10.0 Å². The summed E-state index contributed by atoms with van der Waals surface area (Å²) in [6.07, 6.45) is 1.32. The Morgan fingerprint density at radius 3 is 2.47 bits per heavy atom. The Bertz CT molecular complexity index is 492. The summed E-state index contributed by atoms with van der Waals surface area (Å²) in [4.78, 5) is 0. The molecule has 0 saturated carbocycles. The highest BCUT2D eigenvalue weighted by molar-refractivity contribution is 7.89. The van der Waals surface area contributed by atoms with E-state index in [2.05, 4.69) is 10.0 Å². The maximum absolute atomic E-state index is 11.5. The SMILES string of the molecule is CCC(O)(CC)CNCc1ccc(S(=O)(=O)NC)o1. The summed E-state index contributed by atoms with van der Waals surface area (Å²) in [6.45, 7) is 4.67. The van der Waals surface area contributed by atoms with Crippen molar-refractivity contribution in [2.75, 3.05) is 13.6 Å². The molecule has 0 aromatic carbocycles. The molecule has 0 radical (unpaired) electrons. The first-order valence-corrected chi connectivity index (χ1v) is 7.80. The Kier molecular flexibility index (Phi) is 5.54. The van der Waals surface area contributed by atoms with Crippen LogP contribution >= 0.6 is 0 Å². The van der Waals surface area contributed by atoms with E-state index in [1.807, 2.05) is 13.8 Å². The molecule has 3 N–H and O–H groups in total. The molecule has 7 heteroatoms. The largest absolute Gasteiger partial charge is 0.447 e. The van der Waals surface area contributed by atoms with Crippen LogP contribution in [0.15, 0.2) is 21.6 Å². The van der Waals surface area contributed by atoms with E-state index in [-0.39, 0.29) is 5.09 Å².